The number of ketones is 1. The van der Waals surface area contributed by atoms with Crippen molar-refractivity contribution in [1.29, 1.82) is 0 Å². The van der Waals surface area contributed by atoms with Gasteiger partial charge >= 0.3 is 6.18 Å². The molecular formula is C5H5CuF3O2. The van der Waals surface area contributed by atoms with E-state index in [0.29, 0.717) is 0 Å². The number of carbonyl (C=O) groups is 1. The van der Waals surface area contributed by atoms with Crippen LogP contribution in [0.4, 0.5) is 13.2 Å². The fourth-order valence-electron chi connectivity index (χ4n) is 0.274. The molecule has 69 valence electrons. The van der Waals surface area contributed by atoms with Crippen LogP contribution in [0.2, 0.25) is 0 Å². The summed E-state index contributed by atoms with van der Waals surface area (Å²) in [5, 5.41) is 8.07. The van der Waals surface area contributed by atoms with Crippen molar-refractivity contribution in [2.45, 2.75) is 13.1 Å². The molecule has 0 saturated heterocycles. The Balaban J connectivity index is 0. The van der Waals surface area contributed by atoms with Crippen molar-refractivity contribution in [1.82, 2.24) is 0 Å². The van der Waals surface area contributed by atoms with Gasteiger partial charge in [0.2, 0.25) is 5.76 Å². The van der Waals surface area contributed by atoms with Crippen LogP contribution in [0.15, 0.2) is 11.8 Å². The Bertz CT molecular complexity index is 173. The molecule has 0 saturated carbocycles. The third kappa shape index (κ3) is 5.94. The summed E-state index contributed by atoms with van der Waals surface area (Å²) in [7, 11) is 0. The number of aliphatic hydroxyl groups excluding tert-OH is 1. The summed E-state index contributed by atoms with van der Waals surface area (Å²) in [6.45, 7) is 0.919. The molecule has 0 aromatic rings. The number of rotatable bonds is 1. The molecule has 0 fully saturated rings. The number of hydrogen-bond acceptors (Lipinski definition) is 2. The minimum Gasteiger partial charge on any atom is -0.504 e. The summed E-state index contributed by atoms with van der Waals surface area (Å²) in [4.78, 5) is 9.96. The molecule has 6 heteroatoms. The summed E-state index contributed by atoms with van der Waals surface area (Å²) in [5.74, 6) is -2.70. The normalized spacial score (nSPS) is 12.2. The molecule has 1 radical (unpaired) electrons. The molecule has 11 heavy (non-hydrogen) atoms. The predicted octanol–water partition coefficient (Wildman–Crippen LogP) is 1.58. The van der Waals surface area contributed by atoms with Crippen molar-refractivity contribution < 1.29 is 40.1 Å². The molecule has 0 rings (SSSR count). The standard InChI is InChI=1S/C5H5F3O2.Cu/c1-3(9)2-4(10)5(6,7)8;/h2,10H,1H3;/b4-2-;. The number of aliphatic hydroxyl groups is 1. The maximum atomic E-state index is 11.3. The molecule has 2 nitrogen and oxygen atoms in total. The van der Waals surface area contributed by atoms with Gasteiger partial charge in [-0.2, -0.15) is 13.2 Å². The average molecular weight is 218 g/mol. The second-order valence-electron chi connectivity index (χ2n) is 1.64. The number of hydrogen-bond donors (Lipinski definition) is 1. The van der Waals surface area contributed by atoms with E-state index in [2.05, 4.69) is 0 Å². The third-order valence-electron chi connectivity index (χ3n) is 0.630. The molecule has 0 aromatic carbocycles. The van der Waals surface area contributed by atoms with Crippen LogP contribution in [0.5, 0.6) is 0 Å². The van der Waals surface area contributed by atoms with Crippen molar-refractivity contribution in [3.63, 3.8) is 0 Å². The smallest absolute Gasteiger partial charge is 0.448 e. The zero-order chi connectivity index (χ0) is 8.36. The Labute approximate surface area is 71.6 Å². The van der Waals surface area contributed by atoms with Crippen LogP contribution in [0.25, 0.3) is 0 Å². The molecule has 0 aliphatic heterocycles. The van der Waals surface area contributed by atoms with Crippen LogP contribution in [-0.4, -0.2) is 17.1 Å². The topological polar surface area (TPSA) is 37.3 Å². The molecule has 0 aliphatic carbocycles. The molecule has 0 bridgehead atoms. The van der Waals surface area contributed by atoms with Crippen molar-refractivity contribution >= 4 is 5.78 Å². The summed E-state index contributed by atoms with van der Waals surface area (Å²) < 4.78 is 34.0. The Kier molecular flexibility index (Phi) is 5.26. The minimum atomic E-state index is -4.81. The monoisotopic (exact) mass is 217 g/mol. The number of halogens is 3. The van der Waals surface area contributed by atoms with Crippen LogP contribution < -0.4 is 0 Å². The number of allylic oxidation sites excluding steroid dienone is 2. The van der Waals surface area contributed by atoms with E-state index in [0.717, 1.165) is 6.92 Å². The van der Waals surface area contributed by atoms with E-state index in [1.165, 1.54) is 0 Å². The van der Waals surface area contributed by atoms with Crippen molar-refractivity contribution in [3.05, 3.63) is 11.8 Å². The fraction of sp³-hybridized carbons (Fsp3) is 0.400. The van der Waals surface area contributed by atoms with Gasteiger partial charge in [-0.15, -0.1) is 0 Å². The molecule has 0 amide bonds. The van der Waals surface area contributed by atoms with Gasteiger partial charge in [0.1, 0.15) is 0 Å². The van der Waals surface area contributed by atoms with E-state index in [-0.39, 0.29) is 23.1 Å². The van der Waals surface area contributed by atoms with Gasteiger partial charge in [0.25, 0.3) is 0 Å². The first-order valence-corrected chi connectivity index (χ1v) is 2.32. The number of carbonyl (C=O) groups excluding carboxylic acids is 1. The van der Waals surface area contributed by atoms with Gasteiger partial charge in [-0.25, -0.2) is 0 Å². The second-order valence-corrected chi connectivity index (χ2v) is 1.64. The van der Waals surface area contributed by atoms with Crippen LogP contribution in [0, 0.1) is 0 Å². The zero-order valence-electron chi connectivity index (χ0n) is 5.37. The van der Waals surface area contributed by atoms with E-state index in [1.54, 1.807) is 0 Å². The Hall–Kier alpha value is -0.481. The second kappa shape index (κ2) is 4.41. The summed E-state index contributed by atoms with van der Waals surface area (Å²) >= 11 is 0. The zero-order valence-corrected chi connectivity index (χ0v) is 6.31. The van der Waals surface area contributed by atoms with Gasteiger partial charge in [0.05, 0.1) is 0 Å². The predicted molar refractivity (Wildman–Crippen MR) is 27.4 cm³/mol. The Morgan fingerprint density at radius 3 is 1.91 bits per heavy atom. The molecular weight excluding hydrogens is 213 g/mol. The van der Waals surface area contributed by atoms with Gasteiger partial charge in [-0.3, -0.25) is 4.79 Å². The minimum absolute atomic E-state index is 0. The quantitative estimate of drug-likeness (QED) is 0.411. The first-order chi connectivity index (χ1) is 4.34. The van der Waals surface area contributed by atoms with Gasteiger partial charge < -0.3 is 5.11 Å². The van der Waals surface area contributed by atoms with Gasteiger partial charge in [0, 0.05) is 23.1 Å². The molecule has 0 atom stereocenters. The van der Waals surface area contributed by atoms with Crippen LogP contribution in [0.3, 0.4) is 0 Å². The summed E-state index contributed by atoms with van der Waals surface area (Å²) in [5.41, 5.74) is 0. The van der Waals surface area contributed by atoms with Crippen LogP contribution in [0.1, 0.15) is 6.92 Å². The molecule has 0 spiro atoms. The fourth-order valence-corrected chi connectivity index (χ4v) is 0.274. The van der Waals surface area contributed by atoms with E-state index in [9.17, 15) is 18.0 Å². The van der Waals surface area contributed by atoms with E-state index in [1.807, 2.05) is 0 Å². The van der Waals surface area contributed by atoms with E-state index < -0.39 is 17.7 Å². The molecule has 0 aromatic heterocycles. The van der Waals surface area contributed by atoms with Crippen LogP contribution in [-0.2, 0) is 21.9 Å². The molecule has 1 N–H and O–H groups in total. The van der Waals surface area contributed by atoms with Gasteiger partial charge in [0.15, 0.2) is 5.78 Å². The SMILES string of the molecule is CC(=O)/C=C(\O)C(F)(F)F.[Cu]. The largest absolute Gasteiger partial charge is 0.504 e. The first-order valence-electron chi connectivity index (χ1n) is 2.32. The number of alkyl halides is 3. The molecule has 0 heterocycles. The maximum absolute atomic E-state index is 11.3. The van der Waals surface area contributed by atoms with Crippen molar-refractivity contribution in [2.75, 3.05) is 0 Å². The van der Waals surface area contributed by atoms with Crippen molar-refractivity contribution in [2.24, 2.45) is 0 Å². The Morgan fingerprint density at radius 1 is 1.45 bits per heavy atom. The summed E-state index contributed by atoms with van der Waals surface area (Å²) in [6.07, 6.45) is -4.69. The molecule has 0 aliphatic rings. The van der Waals surface area contributed by atoms with E-state index in [4.69, 9.17) is 5.11 Å². The Morgan fingerprint density at radius 2 is 1.82 bits per heavy atom. The van der Waals surface area contributed by atoms with Crippen LogP contribution >= 0.6 is 0 Å². The van der Waals surface area contributed by atoms with Gasteiger partial charge in [-0.05, 0) is 6.92 Å². The third-order valence-corrected chi connectivity index (χ3v) is 0.630. The van der Waals surface area contributed by atoms with Crippen molar-refractivity contribution in [3.8, 4) is 0 Å². The molecule has 0 unspecified atom stereocenters. The van der Waals surface area contributed by atoms with E-state index >= 15 is 0 Å². The first kappa shape index (κ1) is 13.1. The van der Waals surface area contributed by atoms with Gasteiger partial charge in [-0.1, -0.05) is 0 Å². The average Bonchev–Trinajstić information content (AvgIpc) is 1.60. The maximum Gasteiger partial charge on any atom is 0.448 e. The summed E-state index contributed by atoms with van der Waals surface area (Å²) in [6, 6.07) is 0.